The number of carbonyl (C=O) groups is 2. The average Bonchev–Trinajstić information content (AvgIpc) is 2.70. The lowest BCUT2D eigenvalue weighted by Crippen LogP contribution is -3.13. The lowest BCUT2D eigenvalue weighted by atomic mass is 10.1. The number of benzene rings is 2. The molecule has 2 amide bonds. The summed E-state index contributed by atoms with van der Waals surface area (Å²) in [6.45, 7) is 8.00. The lowest BCUT2D eigenvalue weighted by Gasteiger charge is -2.20. The molecule has 0 aromatic heterocycles. The molecule has 1 heterocycles. The van der Waals surface area contributed by atoms with Crippen molar-refractivity contribution >= 4 is 23.2 Å². The van der Waals surface area contributed by atoms with E-state index in [0.29, 0.717) is 36.9 Å². The predicted octanol–water partition coefficient (Wildman–Crippen LogP) is 1.56. The lowest BCUT2D eigenvalue weighted by molar-refractivity contribution is -0.881. The first kappa shape index (κ1) is 20.7. The molecule has 2 aromatic carbocycles. The van der Waals surface area contributed by atoms with E-state index in [2.05, 4.69) is 10.6 Å². The third kappa shape index (κ3) is 5.71. The third-order valence-corrected chi connectivity index (χ3v) is 4.81. The monoisotopic (exact) mass is 398 g/mol. The molecule has 0 bridgehead atoms. The topological polar surface area (TPSA) is 81.1 Å². The van der Waals surface area contributed by atoms with Gasteiger partial charge in [-0.2, -0.15) is 0 Å². The zero-order valence-electron chi connectivity index (χ0n) is 17.1. The van der Waals surface area contributed by atoms with Gasteiger partial charge in [-0.3, -0.25) is 9.59 Å². The van der Waals surface area contributed by atoms with E-state index in [1.165, 1.54) is 0 Å². The fraction of sp³-hybridized carbons (Fsp3) is 0.364. The van der Waals surface area contributed by atoms with Crippen molar-refractivity contribution < 1.29 is 24.0 Å². The first-order valence-electron chi connectivity index (χ1n) is 9.84. The summed E-state index contributed by atoms with van der Waals surface area (Å²) in [5.74, 6) is 1.04. The smallest absolute Gasteiger partial charge is 0.279 e. The second-order valence-electron chi connectivity index (χ2n) is 7.23. The van der Waals surface area contributed by atoms with Gasteiger partial charge in [0.25, 0.3) is 11.8 Å². The first-order chi connectivity index (χ1) is 13.9. The number of likely N-dealkylation sites (N-methyl/N-ethyl adjacent to an activating group) is 1. The van der Waals surface area contributed by atoms with Gasteiger partial charge in [0.05, 0.1) is 6.54 Å². The standard InChI is InChI=1S/C22H27N3O4/c1-4-25(14-22(27)24-18-11-15(2)5-6-16(18)3)13-21(26)23-17-7-8-19-20(12-17)29-10-9-28-19/h5-8,11-12H,4,9-10,13-14H2,1-3H3,(H,23,26)(H,24,27)/p+1. The quantitative estimate of drug-likeness (QED) is 0.661. The molecule has 1 aliphatic heterocycles. The van der Waals surface area contributed by atoms with Crippen molar-refractivity contribution in [3.8, 4) is 11.5 Å². The SMILES string of the molecule is CC[NH+](CC(=O)Nc1ccc2c(c1)OCCO2)CC(=O)Nc1cc(C)ccc1C. The molecule has 3 N–H and O–H groups in total. The highest BCUT2D eigenvalue weighted by Gasteiger charge is 2.18. The summed E-state index contributed by atoms with van der Waals surface area (Å²) < 4.78 is 11.0. The number of quaternary nitrogens is 1. The van der Waals surface area contributed by atoms with Gasteiger partial charge >= 0.3 is 0 Å². The number of nitrogens with one attached hydrogen (secondary N) is 3. The molecule has 154 valence electrons. The van der Waals surface area contributed by atoms with E-state index >= 15 is 0 Å². The van der Waals surface area contributed by atoms with Gasteiger partial charge in [0.2, 0.25) is 0 Å². The number of ether oxygens (including phenoxy) is 2. The van der Waals surface area contributed by atoms with Crippen molar-refractivity contribution in [2.75, 3.05) is 43.5 Å². The number of rotatable bonds is 7. The number of hydrogen-bond acceptors (Lipinski definition) is 4. The number of carbonyl (C=O) groups excluding carboxylic acids is 2. The fourth-order valence-electron chi connectivity index (χ4n) is 3.16. The normalized spacial score (nSPS) is 13.5. The third-order valence-electron chi connectivity index (χ3n) is 4.81. The number of amides is 2. The van der Waals surface area contributed by atoms with E-state index in [-0.39, 0.29) is 24.9 Å². The van der Waals surface area contributed by atoms with Crippen molar-refractivity contribution in [1.29, 1.82) is 0 Å². The van der Waals surface area contributed by atoms with E-state index in [0.717, 1.165) is 21.7 Å². The second-order valence-corrected chi connectivity index (χ2v) is 7.23. The summed E-state index contributed by atoms with van der Waals surface area (Å²) >= 11 is 0. The molecule has 0 radical (unpaired) electrons. The average molecular weight is 398 g/mol. The van der Waals surface area contributed by atoms with E-state index in [9.17, 15) is 9.59 Å². The number of hydrogen-bond donors (Lipinski definition) is 3. The van der Waals surface area contributed by atoms with Gasteiger partial charge in [-0.15, -0.1) is 0 Å². The minimum atomic E-state index is -0.155. The van der Waals surface area contributed by atoms with Crippen molar-refractivity contribution in [1.82, 2.24) is 0 Å². The Bertz CT molecular complexity index is 898. The Kier molecular flexibility index (Phi) is 6.72. The highest BCUT2D eigenvalue weighted by molar-refractivity contribution is 5.93. The van der Waals surface area contributed by atoms with Crippen LogP contribution in [0.3, 0.4) is 0 Å². The molecule has 0 spiro atoms. The number of anilines is 2. The summed E-state index contributed by atoms with van der Waals surface area (Å²) in [5, 5.41) is 5.82. The Morgan fingerprint density at radius 2 is 1.62 bits per heavy atom. The highest BCUT2D eigenvalue weighted by Crippen LogP contribution is 2.32. The van der Waals surface area contributed by atoms with Gasteiger partial charge in [0, 0.05) is 17.4 Å². The molecule has 1 aliphatic rings. The van der Waals surface area contributed by atoms with Gasteiger partial charge in [0.1, 0.15) is 13.2 Å². The maximum atomic E-state index is 12.5. The molecule has 0 saturated carbocycles. The zero-order valence-corrected chi connectivity index (χ0v) is 17.1. The molecule has 3 rings (SSSR count). The molecule has 7 nitrogen and oxygen atoms in total. The summed E-state index contributed by atoms with van der Waals surface area (Å²) in [4.78, 5) is 25.8. The first-order valence-corrected chi connectivity index (χ1v) is 9.84. The van der Waals surface area contributed by atoms with Gasteiger partial charge in [-0.25, -0.2) is 0 Å². The van der Waals surface area contributed by atoms with Gasteiger partial charge < -0.3 is 25.0 Å². The van der Waals surface area contributed by atoms with Crippen LogP contribution in [0.5, 0.6) is 11.5 Å². The molecule has 29 heavy (non-hydrogen) atoms. The Morgan fingerprint density at radius 1 is 0.931 bits per heavy atom. The van der Waals surface area contributed by atoms with Gasteiger partial charge in [-0.1, -0.05) is 12.1 Å². The van der Waals surface area contributed by atoms with Crippen LogP contribution in [0, 0.1) is 13.8 Å². The minimum Gasteiger partial charge on any atom is -0.486 e. The van der Waals surface area contributed by atoms with Crippen LogP contribution in [0.2, 0.25) is 0 Å². The Hall–Kier alpha value is -3.06. The van der Waals surface area contributed by atoms with Crippen LogP contribution < -0.4 is 25.0 Å². The van der Waals surface area contributed by atoms with E-state index in [1.54, 1.807) is 18.2 Å². The van der Waals surface area contributed by atoms with Crippen molar-refractivity contribution in [2.24, 2.45) is 0 Å². The van der Waals surface area contributed by atoms with Crippen molar-refractivity contribution in [3.05, 3.63) is 47.5 Å². The number of fused-ring (bicyclic) bond motifs is 1. The van der Waals surface area contributed by atoms with Crippen molar-refractivity contribution in [2.45, 2.75) is 20.8 Å². The second kappa shape index (κ2) is 9.43. The van der Waals surface area contributed by atoms with Crippen LogP contribution in [0.1, 0.15) is 18.1 Å². The molecule has 0 saturated heterocycles. The van der Waals surface area contributed by atoms with Crippen LogP contribution in [0.4, 0.5) is 11.4 Å². The van der Waals surface area contributed by atoms with E-state index in [4.69, 9.17) is 9.47 Å². The number of aryl methyl sites for hydroxylation is 2. The Labute approximate surface area is 171 Å². The summed E-state index contributed by atoms with van der Waals surface area (Å²) in [7, 11) is 0. The molecule has 0 fully saturated rings. The summed E-state index contributed by atoms with van der Waals surface area (Å²) in [6.07, 6.45) is 0. The van der Waals surface area contributed by atoms with Crippen LogP contribution >= 0.6 is 0 Å². The molecule has 0 aliphatic carbocycles. The summed E-state index contributed by atoms with van der Waals surface area (Å²) in [5.41, 5.74) is 3.56. The van der Waals surface area contributed by atoms with Gasteiger partial charge in [0.15, 0.2) is 24.6 Å². The Balaban J connectivity index is 1.54. The molecular weight excluding hydrogens is 370 g/mol. The van der Waals surface area contributed by atoms with E-state index < -0.39 is 0 Å². The van der Waals surface area contributed by atoms with Crippen molar-refractivity contribution in [3.63, 3.8) is 0 Å². The molecule has 1 unspecified atom stereocenters. The van der Waals surface area contributed by atoms with Crippen LogP contribution in [0.25, 0.3) is 0 Å². The maximum absolute atomic E-state index is 12.5. The van der Waals surface area contributed by atoms with Crippen LogP contribution in [0.15, 0.2) is 36.4 Å². The zero-order chi connectivity index (χ0) is 20.8. The highest BCUT2D eigenvalue weighted by atomic mass is 16.6. The summed E-state index contributed by atoms with van der Waals surface area (Å²) in [6, 6.07) is 11.3. The van der Waals surface area contributed by atoms with Gasteiger partial charge in [-0.05, 0) is 50.1 Å². The minimum absolute atomic E-state index is 0.109. The predicted molar refractivity (Wildman–Crippen MR) is 112 cm³/mol. The fourth-order valence-corrected chi connectivity index (χ4v) is 3.16. The maximum Gasteiger partial charge on any atom is 0.279 e. The largest absolute Gasteiger partial charge is 0.486 e. The van der Waals surface area contributed by atoms with Crippen LogP contribution in [-0.4, -0.2) is 44.7 Å². The molecule has 7 heteroatoms. The van der Waals surface area contributed by atoms with E-state index in [1.807, 2.05) is 39.0 Å². The molecule has 1 atom stereocenters. The van der Waals surface area contributed by atoms with Crippen LogP contribution in [-0.2, 0) is 9.59 Å². The Morgan fingerprint density at radius 3 is 2.34 bits per heavy atom. The molecular formula is C22H28N3O4+. The molecule has 2 aromatic rings.